The lowest BCUT2D eigenvalue weighted by atomic mass is 10.0. The number of aldehydes is 1. The van der Waals surface area contributed by atoms with Crippen LogP contribution in [0.25, 0.3) is 11.1 Å². The molecule has 0 saturated carbocycles. The van der Waals surface area contributed by atoms with Gasteiger partial charge in [-0.3, -0.25) is 0 Å². The summed E-state index contributed by atoms with van der Waals surface area (Å²) in [5, 5.41) is 3.26. The Morgan fingerprint density at radius 3 is 2.40 bits per heavy atom. The van der Waals surface area contributed by atoms with Gasteiger partial charge in [-0.05, 0) is 56.0 Å². The summed E-state index contributed by atoms with van der Waals surface area (Å²) in [5.74, 6) is 0. The molecule has 0 heterocycles. The van der Waals surface area contributed by atoms with E-state index in [0.29, 0.717) is 11.4 Å². The van der Waals surface area contributed by atoms with Gasteiger partial charge in [0, 0.05) is 5.02 Å². The largest absolute Gasteiger partial charge is 0.444 e. The first kappa shape index (κ1) is 19.0. The van der Waals surface area contributed by atoms with Gasteiger partial charge in [0.1, 0.15) is 11.9 Å². The average molecular weight is 360 g/mol. The summed E-state index contributed by atoms with van der Waals surface area (Å²) in [4.78, 5) is 23.0. The van der Waals surface area contributed by atoms with E-state index in [1.807, 2.05) is 48.5 Å². The molecule has 0 saturated heterocycles. The molecule has 0 aliphatic rings. The molecule has 5 heteroatoms. The summed E-state index contributed by atoms with van der Waals surface area (Å²) < 4.78 is 5.17. The van der Waals surface area contributed by atoms with Crippen LogP contribution in [-0.2, 0) is 16.0 Å². The van der Waals surface area contributed by atoms with Crippen LogP contribution in [-0.4, -0.2) is 24.0 Å². The SMILES string of the molecule is CC(C)(C)OC(=O)NC(C=O)Cc1ccc(-c2cccc(Cl)c2)cc1. The molecule has 4 nitrogen and oxygen atoms in total. The van der Waals surface area contributed by atoms with E-state index in [1.54, 1.807) is 20.8 Å². The minimum Gasteiger partial charge on any atom is -0.444 e. The molecule has 2 rings (SSSR count). The standard InChI is InChI=1S/C20H22ClNO3/c1-20(2,3)25-19(24)22-18(13-23)11-14-7-9-15(10-8-14)16-5-4-6-17(21)12-16/h4-10,12-13,18H,11H2,1-3H3,(H,22,24). The number of rotatable bonds is 5. The molecule has 0 radical (unpaired) electrons. The second-order valence-corrected chi connectivity index (χ2v) is 7.24. The van der Waals surface area contributed by atoms with Gasteiger partial charge >= 0.3 is 6.09 Å². The van der Waals surface area contributed by atoms with Gasteiger partial charge < -0.3 is 14.8 Å². The molecule has 0 aromatic heterocycles. The van der Waals surface area contributed by atoms with Gasteiger partial charge in [-0.25, -0.2) is 4.79 Å². The van der Waals surface area contributed by atoms with Crippen LogP contribution in [0.1, 0.15) is 26.3 Å². The van der Waals surface area contributed by atoms with Crippen molar-refractivity contribution < 1.29 is 14.3 Å². The van der Waals surface area contributed by atoms with Crippen molar-refractivity contribution in [2.75, 3.05) is 0 Å². The van der Waals surface area contributed by atoms with E-state index in [9.17, 15) is 9.59 Å². The first-order chi connectivity index (χ1) is 11.8. The Morgan fingerprint density at radius 2 is 1.84 bits per heavy atom. The molecular weight excluding hydrogens is 338 g/mol. The van der Waals surface area contributed by atoms with Gasteiger partial charge in [0.15, 0.2) is 0 Å². The summed E-state index contributed by atoms with van der Waals surface area (Å²) in [7, 11) is 0. The molecule has 132 valence electrons. The van der Waals surface area contributed by atoms with Crippen LogP contribution >= 0.6 is 11.6 Å². The molecule has 25 heavy (non-hydrogen) atoms. The molecule has 0 bridgehead atoms. The summed E-state index contributed by atoms with van der Waals surface area (Å²) in [6, 6.07) is 14.8. The highest BCUT2D eigenvalue weighted by molar-refractivity contribution is 6.30. The second kappa shape index (κ2) is 8.17. The molecule has 1 atom stereocenters. The first-order valence-electron chi connectivity index (χ1n) is 8.06. The number of hydrogen-bond donors (Lipinski definition) is 1. The summed E-state index contributed by atoms with van der Waals surface area (Å²) >= 11 is 6.02. The zero-order chi connectivity index (χ0) is 18.4. The van der Waals surface area contributed by atoms with E-state index in [-0.39, 0.29) is 0 Å². The third kappa shape index (κ3) is 6.24. The normalized spacial score (nSPS) is 12.3. The summed E-state index contributed by atoms with van der Waals surface area (Å²) in [6.45, 7) is 5.32. The van der Waals surface area contributed by atoms with E-state index in [2.05, 4.69) is 5.32 Å². The Bertz CT molecular complexity index is 735. The van der Waals surface area contributed by atoms with Crippen molar-refractivity contribution in [3.8, 4) is 11.1 Å². The van der Waals surface area contributed by atoms with E-state index in [0.717, 1.165) is 23.0 Å². The van der Waals surface area contributed by atoms with Crippen LogP contribution < -0.4 is 5.32 Å². The molecule has 2 aromatic carbocycles. The minimum atomic E-state index is -0.633. The monoisotopic (exact) mass is 359 g/mol. The number of nitrogens with one attached hydrogen (secondary N) is 1. The van der Waals surface area contributed by atoms with Crippen molar-refractivity contribution in [3.05, 3.63) is 59.1 Å². The highest BCUT2D eigenvalue weighted by Crippen LogP contribution is 2.23. The lowest BCUT2D eigenvalue weighted by molar-refractivity contribution is -0.109. The van der Waals surface area contributed by atoms with Crippen LogP contribution in [0, 0.1) is 0 Å². The number of hydrogen-bond acceptors (Lipinski definition) is 3. The van der Waals surface area contributed by atoms with Gasteiger partial charge in [-0.15, -0.1) is 0 Å². The lowest BCUT2D eigenvalue weighted by Crippen LogP contribution is -2.41. The fraction of sp³-hybridized carbons (Fsp3) is 0.300. The van der Waals surface area contributed by atoms with Crippen LogP contribution in [0.5, 0.6) is 0 Å². The molecule has 0 aliphatic carbocycles. The third-order valence-electron chi connectivity index (χ3n) is 3.43. The van der Waals surface area contributed by atoms with Crippen molar-refractivity contribution in [2.45, 2.75) is 38.8 Å². The van der Waals surface area contributed by atoms with Gasteiger partial charge in [0.2, 0.25) is 0 Å². The highest BCUT2D eigenvalue weighted by atomic mass is 35.5. The number of benzene rings is 2. The van der Waals surface area contributed by atoms with E-state index >= 15 is 0 Å². The fourth-order valence-corrected chi connectivity index (χ4v) is 2.54. The van der Waals surface area contributed by atoms with E-state index in [1.165, 1.54) is 0 Å². The number of carbonyl (C=O) groups is 2. The van der Waals surface area contributed by atoms with Crippen LogP contribution in [0.3, 0.4) is 0 Å². The number of alkyl carbamates (subject to hydrolysis) is 1. The second-order valence-electron chi connectivity index (χ2n) is 6.80. The molecule has 1 unspecified atom stereocenters. The molecule has 1 N–H and O–H groups in total. The Kier molecular flexibility index (Phi) is 6.21. The van der Waals surface area contributed by atoms with Crippen LogP contribution in [0.15, 0.2) is 48.5 Å². The van der Waals surface area contributed by atoms with Crippen molar-refractivity contribution in [1.82, 2.24) is 5.32 Å². The van der Waals surface area contributed by atoms with Gasteiger partial charge in [-0.1, -0.05) is 48.0 Å². The number of halogens is 1. The minimum absolute atomic E-state index is 0.401. The Morgan fingerprint density at radius 1 is 1.16 bits per heavy atom. The lowest BCUT2D eigenvalue weighted by Gasteiger charge is -2.21. The fourth-order valence-electron chi connectivity index (χ4n) is 2.35. The van der Waals surface area contributed by atoms with E-state index < -0.39 is 17.7 Å². The van der Waals surface area contributed by atoms with Crippen LogP contribution in [0.2, 0.25) is 5.02 Å². The quantitative estimate of drug-likeness (QED) is 0.791. The molecule has 0 aliphatic heterocycles. The van der Waals surface area contributed by atoms with Gasteiger partial charge in [-0.2, -0.15) is 0 Å². The smallest absolute Gasteiger partial charge is 0.408 e. The predicted octanol–water partition coefficient (Wildman–Crippen LogP) is 4.64. The molecular formula is C20H22ClNO3. The summed E-state index contributed by atoms with van der Waals surface area (Å²) in [6.07, 6.45) is 0.521. The number of amides is 1. The number of carbonyl (C=O) groups excluding carboxylic acids is 2. The zero-order valence-corrected chi connectivity index (χ0v) is 15.3. The van der Waals surface area contributed by atoms with E-state index in [4.69, 9.17) is 16.3 Å². The van der Waals surface area contributed by atoms with Crippen LogP contribution in [0.4, 0.5) is 4.79 Å². The Balaban J connectivity index is 2.01. The maximum atomic E-state index is 11.8. The summed E-state index contributed by atoms with van der Waals surface area (Å²) in [5.41, 5.74) is 2.40. The maximum absolute atomic E-state index is 11.8. The van der Waals surface area contributed by atoms with Crippen molar-refractivity contribution >= 4 is 24.0 Å². The van der Waals surface area contributed by atoms with Crippen molar-refractivity contribution in [1.29, 1.82) is 0 Å². The van der Waals surface area contributed by atoms with Crippen molar-refractivity contribution in [2.24, 2.45) is 0 Å². The van der Waals surface area contributed by atoms with Gasteiger partial charge in [0.25, 0.3) is 0 Å². The Labute approximate surface area is 153 Å². The topological polar surface area (TPSA) is 55.4 Å². The Hall–Kier alpha value is -2.33. The highest BCUT2D eigenvalue weighted by Gasteiger charge is 2.19. The number of ether oxygens (including phenoxy) is 1. The van der Waals surface area contributed by atoms with Gasteiger partial charge in [0.05, 0.1) is 6.04 Å². The zero-order valence-electron chi connectivity index (χ0n) is 14.6. The molecule has 0 spiro atoms. The maximum Gasteiger partial charge on any atom is 0.408 e. The predicted molar refractivity (Wildman–Crippen MR) is 99.8 cm³/mol. The first-order valence-corrected chi connectivity index (χ1v) is 8.44. The average Bonchev–Trinajstić information content (AvgIpc) is 2.53. The third-order valence-corrected chi connectivity index (χ3v) is 3.67. The molecule has 2 aromatic rings. The van der Waals surface area contributed by atoms with Crippen molar-refractivity contribution in [3.63, 3.8) is 0 Å². The molecule has 0 fully saturated rings. The molecule has 1 amide bonds.